The Morgan fingerprint density at radius 1 is 1.57 bits per heavy atom. The van der Waals surface area contributed by atoms with E-state index in [1.165, 1.54) is 12.8 Å². The molecule has 1 saturated carbocycles. The fourth-order valence-corrected chi connectivity index (χ4v) is 2.50. The number of carbonyl (C=O) groups is 1. The summed E-state index contributed by atoms with van der Waals surface area (Å²) < 4.78 is 0. The highest BCUT2D eigenvalue weighted by atomic mass is 16.1. The lowest BCUT2D eigenvalue weighted by Crippen LogP contribution is -2.47. The molecule has 1 aliphatic rings. The van der Waals surface area contributed by atoms with Gasteiger partial charge < -0.3 is 11.1 Å². The van der Waals surface area contributed by atoms with E-state index in [9.17, 15) is 4.79 Å². The van der Waals surface area contributed by atoms with Gasteiger partial charge in [0.1, 0.15) is 0 Å². The summed E-state index contributed by atoms with van der Waals surface area (Å²) in [5, 5.41) is 3.20. The van der Waals surface area contributed by atoms with Crippen molar-refractivity contribution < 1.29 is 4.79 Å². The molecule has 0 aromatic heterocycles. The maximum Gasteiger partial charge on any atom is 0.234 e. The van der Waals surface area contributed by atoms with Gasteiger partial charge in [-0.05, 0) is 31.2 Å². The van der Waals surface area contributed by atoms with Crippen molar-refractivity contribution in [2.24, 2.45) is 17.6 Å². The molecule has 14 heavy (non-hydrogen) atoms. The van der Waals surface area contributed by atoms with Crippen molar-refractivity contribution in [1.82, 2.24) is 5.32 Å². The van der Waals surface area contributed by atoms with E-state index in [1.807, 2.05) is 6.92 Å². The molecule has 1 amide bonds. The zero-order valence-corrected chi connectivity index (χ0v) is 9.25. The summed E-state index contributed by atoms with van der Waals surface area (Å²) in [7, 11) is 0. The molecule has 0 saturated heterocycles. The van der Waals surface area contributed by atoms with Crippen LogP contribution in [0.3, 0.4) is 0 Å². The summed E-state index contributed by atoms with van der Waals surface area (Å²) in [4.78, 5) is 11.3. The SMILES string of the molecule is CCNC(C(N)=O)C1CCCC(C)C1. The van der Waals surface area contributed by atoms with Crippen molar-refractivity contribution in [1.29, 1.82) is 0 Å². The lowest BCUT2D eigenvalue weighted by molar-refractivity contribution is -0.121. The summed E-state index contributed by atoms with van der Waals surface area (Å²) in [6.07, 6.45) is 4.82. The van der Waals surface area contributed by atoms with Crippen molar-refractivity contribution in [2.75, 3.05) is 6.54 Å². The van der Waals surface area contributed by atoms with Gasteiger partial charge in [-0.25, -0.2) is 0 Å². The highest BCUT2D eigenvalue weighted by Gasteiger charge is 2.29. The smallest absolute Gasteiger partial charge is 0.234 e. The third-order valence-corrected chi connectivity index (χ3v) is 3.18. The van der Waals surface area contributed by atoms with Gasteiger partial charge >= 0.3 is 0 Å². The molecule has 0 aromatic rings. The van der Waals surface area contributed by atoms with Crippen molar-refractivity contribution in [3.8, 4) is 0 Å². The highest BCUT2D eigenvalue weighted by Crippen LogP contribution is 2.30. The first-order valence-corrected chi connectivity index (χ1v) is 5.67. The average molecular weight is 198 g/mol. The van der Waals surface area contributed by atoms with Crippen LogP contribution in [0, 0.1) is 11.8 Å². The van der Waals surface area contributed by atoms with Gasteiger partial charge in [0, 0.05) is 0 Å². The molecule has 0 bridgehead atoms. The Hall–Kier alpha value is -0.570. The molecule has 0 heterocycles. The standard InChI is InChI=1S/C11H22N2O/c1-3-13-10(11(12)14)9-6-4-5-8(2)7-9/h8-10,13H,3-7H2,1-2H3,(H2,12,14). The van der Waals surface area contributed by atoms with Gasteiger partial charge in [0.15, 0.2) is 0 Å². The molecule has 0 aliphatic heterocycles. The molecule has 0 spiro atoms. The Balaban J connectivity index is 2.53. The second-order valence-electron chi connectivity index (χ2n) is 4.47. The summed E-state index contributed by atoms with van der Waals surface area (Å²) in [5.41, 5.74) is 5.40. The van der Waals surface area contributed by atoms with Crippen LogP contribution in [-0.2, 0) is 4.79 Å². The Morgan fingerprint density at radius 3 is 2.79 bits per heavy atom. The molecule has 82 valence electrons. The fourth-order valence-electron chi connectivity index (χ4n) is 2.50. The van der Waals surface area contributed by atoms with Crippen LogP contribution < -0.4 is 11.1 Å². The van der Waals surface area contributed by atoms with Crippen LogP contribution in [0.2, 0.25) is 0 Å². The van der Waals surface area contributed by atoms with Gasteiger partial charge in [-0.15, -0.1) is 0 Å². The van der Waals surface area contributed by atoms with Crippen molar-refractivity contribution >= 4 is 5.91 Å². The minimum atomic E-state index is -0.189. The van der Waals surface area contributed by atoms with E-state index in [1.54, 1.807) is 0 Å². The number of amides is 1. The van der Waals surface area contributed by atoms with Crippen molar-refractivity contribution in [2.45, 2.75) is 45.6 Å². The Kier molecular flexibility index (Phi) is 4.39. The summed E-state index contributed by atoms with van der Waals surface area (Å²) in [6, 6.07) is -0.109. The molecule has 1 aliphatic carbocycles. The van der Waals surface area contributed by atoms with Gasteiger partial charge in [0.05, 0.1) is 6.04 Å². The first kappa shape index (κ1) is 11.5. The minimum absolute atomic E-state index is 0.109. The molecule has 3 heteroatoms. The lowest BCUT2D eigenvalue weighted by atomic mass is 9.78. The van der Waals surface area contributed by atoms with Crippen LogP contribution in [0.4, 0.5) is 0 Å². The predicted molar refractivity (Wildman–Crippen MR) is 57.8 cm³/mol. The average Bonchev–Trinajstić information content (AvgIpc) is 2.13. The molecule has 3 unspecified atom stereocenters. The largest absolute Gasteiger partial charge is 0.368 e. The predicted octanol–water partition coefficient (Wildman–Crippen LogP) is 1.28. The second-order valence-corrected chi connectivity index (χ2v) is 4.47. The molecule has 3 nitrogen and oxygen atoms in total. The van der Waals surface area contributed by atoms with Crippen LogP contribution >= 0.6 is 0 Å². The molecule has 0 aromatic carbocycles. The van der Waals surface area contributed by atoms with Gasteiger partial charge in [-0.1, -0.05) is 26.7 Å². The molecular formula is C11H22N2O. The molecule has 0 radical (unpaired) electrons. The van der Waals surface area contributed by atoms with Crippen LogP contribution in [0.1, 0.15) is 39.5 Å². The number of carbonyl (C=O) groups excluding carboxylic acids is 1. The number of hydrogen-bond acceptors (Lipinski definition) is 2. The van der Waals surface area contributed by atoms with E-state index < -0.39 is 0 Å². The van der Waals surface area contributed by atoms with E-state index >= 15 is 0 Å². The van der Waals surface area contributed by atoms with E-state index in [0.29, 0.717) is 5.92 Å². The summed E-state index contributed by atoms with van der Waals surface area (Å²) in [6.45, 7) is 5.09. The van der Waals surface area contributed by atoms with E-state index in [0.717, 1.165) is 25.3 Å². The monoisotopic (exact) mass is 198 g/mol. The first-order valence-electron chi connectivity index (χ1n) is 5.67. The van der Waals surface area contributed by atoms with Gasteiger partial charge in [0.2, 0.25) is 5.91 Å². The minimum Gasteiger partial charge on any atom is -0.368 e. The second kappa shape index (κ2) is 5.35. The number of primary amides is 1. The normalized spacial score (nSPS) is 29.9. The molecule has 3 N–H and O–H groups in total. The maximum absolute atomic E-state index is 11.3. The van der Waals surface area contributed by atoms with Gasteiger partial charge in [-0.2, -0.15) is 0 Å². The quantitative estimate of drug-likeness (QED) is 0.715. The van der Waals surface area contributed by atoms with Crippen LogP contribution in [-0.4, -0.2) is 18.5 Å². The topological polar surface area (TPSA) is 55.1 Å². The van der Waals surface area contributed by atoms with Crippen molar-refractivity contribution in [3.63, 3.8) is 0 Å². The maximum atomic E-state index is 11.3. The van der Waals surface area contributed by atoms with Gasteiger partial charge in [0.25, 0.3) is 0 Å². The third-order valence-electron chi connectivity index (χ3n) is 3.18. The zero-order valence-electron chi connectivity index (χ0n) is 9.25. The Bertz CT molecular complexity index is 194. The fraction of sp³-hybridized carbons (Fsp3) is 0.909. The van der Waals surface area contributed by atoms with E-state index in [-0.39, 0.29) is 11.9 Å². The summed E-state index contributed by atoms with van der Waals surface area (Å²) in [5.74, 6) is 1.01. The third kappa shape index (κ3) is 2.98. The zero-order chi connectivity index (χ0) is 10.6. The number of nitrogens with two attached hydrogens (primary N) is 1. The number of nitrogens with one attached hydrogen (secondary N) is 1. The first-order chi connectivity index (χ1) is 6.65. The van der Waals surface area contributed by atoms with Crippen LogP contribution in [0.5, 0.6) is 0 Å². The Labute approximate surface area is 86.4 Å². The lowest BCUT2D eigenvalue weighted by Gasteiger charge is -2.31. The summed E-state index contributed by atoms with van der Waals surface area (Å²) >= 11 is 0. The van der Waals surface area contributed by atoms with Crippen LogP contribution in [0.15, 0.2) is 0 Å². The molecular weight excluding hydrogens is 176 g/mol. The number of hydrogen-bond donors (Lipinski definition) is 2. The Morgan fingerprint density at radius 2 is 2.29 bits per heavy atom. The van der Waals surface area contributed by atoms with Crippen molar-refractivity contribution in [3.05, 3.63) is 0 Å². The highest BCUT2D eigenvalue weighted by molar-refractivity contribution is 5.80. The number of likely N-dealkylation sites (N-methyl/N-ethyl adjacent to an activating group) is 1. The molecule has 1 rings (SSSR count). The molecule has 1 fully saturated rings. The van der Waals surface area contributed by atoms with Gasteiger partial charge in [-0.3, -0.25) is 4.79 Å². The van der Waals surface area contributed by atoms with E-state index in [4.69, 9.17) is 5.73 Å². The van der Waals surface area contributed by atoms with Crippen LogP contribution in [0.25, 0.3) is 0 Å². The number of rotatable bonds is 4. The molecule has 3 atom stereocenters. The van der Waals surface area contributed by atoms with E-state index in [2.05, 4.69) is 12.2 Å².